The highest BCUT2D eigenvalue weighted by Gasteiger charge is 2.52. The van der Waals surface area contributed by atoms with Crippen LogP contribution in [0, 0.1) is 0 Å². The summed E-state index contributed by atoms with van der Waals surface area (Å²) in [4.78, 5) is 25.4. The Bertz CT molecular complexity index is 1340. The van der Waals surface area contributed by atoms with E-state index in [9.17, 15) is 18.0 Å². The van der Waals surface area contributed by atoms with Gasteiger partial charge in [-0.15, -0.1) is 0 Å². The molecule has 1 amide bonds. The zero-order valence-electron chi connectivity index (χ0n) is 20.5. The molecule has 1 aliphatic rings. The molecule has 3 aromatic carbocycles. The Kier molecular flexibility index (Phi) is 8.46. The second-order valence-electron chi connectivity index (χ2n) is 8.96. The summed E-state index contributed by atoms with van der Waals surface area (Å²) in [6.07, 6.45) is 1.94. The minimum absolute atomic E-state index is 0.120. The van der Waals surface area contributed by atoms with Crippen LogP contribution >= 0.6 is 15.9 Å². The first-order valence-corrected chi connectivity index (χ1v) is 14.4. The number of carbonyl (C=O) groups excluding carboxylic acids is 2. The Labute approximate surface area is 226 Å². The number of hydrogen-bond donors (Lipinski definition) is 1. The van der Waals surface area contributed by atoms with Gasteiger partial charge >= 0.3 is 5.97 Å². The van der Waals surface area contributed by atoms with Crippen LogP contribution in [0.15, 0.2) is 88.2 Å². The van der Waals surface area contributed by atoms with Crippen molar-refractivity contribution in [1.82, 2.24) is 4.31 Å². The lowest BCUT2D eigenvalue weighted by Gasteiger charge is -2.22. The third kappa shape index (κ3) is 6.47. The smallest absolute Gasteiger partial charge is 0.316 e. The maximum atomic E-state index is 13.4. The maximum absolute atomic E-state index is 13.4. The molecule has 1 N–H and O–H groups in total. The highest BCUT2D eigenvalue weighted by Crippen LogP contribution is 2.49. The average molecular weight is 586 g/mol. The monoisotopic (exact) mass is 584 g/mol. The molecule has 37 heavy (non-hydrogen) atoms. The molecule has 0 atom stereocenters. The van der Waals surface area contributed by atoms with Crippen LogP contribution in [0.5, 0.6) is 0 Å². The molecule has 1 fully saturated rings. The third-order valence-electron chi connectivity index (χ3n) is 6.40. The number of carbonyl (C=O) groups is 2. The predicted molar refractivity (Wildman–Crippen MR) is 146 cm³/mol. The van der Waals surface area contributed by atoms with Crippen molar-refractivity contribution in [2.75, 3.05) is 25.0 Å². The minimum atomic E-state index is -3.91. The standard InChI is InChI=1S/C28H29BrN2O5S/c1-2-36-27(33)28(17-18-28)22-8-12-24(13-9-22)30-26(32)20-31(19-16-21-6-4-3-5-7-21)37(34,35)25-14-10-23(29)11-15-25/h3-15H,2,16-20H2,1H3,(H,30,32). The number of halogens is 1. The number of amides is 1. The molecular formula is C28H29BrN2O5S. The average Bonchev–Trinajstić information content (AvgIpc) is 3.70. The summed E-state index contributed by atoms with van der Waals surface area (Å²) >= 11 is 3.33. The summed E-state index contributed by atoms with van der Waals surface area (Å²) in [5, 5.41) is 2.79. The summed E-state index contributed by atoms with van der Waals surface area (Å²) in [6, 6.07) is 23.0. The number of hydrogen-bond acceptors (Lipinski definition) is 5. The third-order valence-corrected chi connectivity index (χ3v) is 8.79. The van der Waals surface area contributed by atoms with Crippen LogP contribution in [0.1, 0.15) is 30.9 Å². The number of anilines is 1. The predicted octanol–water partition coefficient (Wildman–Crippen LogP) is 4.92. The van der Waals surface area contributed by atoms with Crippen LogP contribution in [0.4, 0.5) is 5.69 Å². The van der Waals surface area contributed by atoms with Crippen molar-refractivity contribution in [3.8, 4) is 0 Å². The Morgan fingerprint density at radius 1 is 0.973 bits per heavy atom. The van der Waals surface area contributed by atoms with Crippen LogP contribution in [-0.2, 0) is 36.2 Å². The largest absolute Gasteiger partial charge is 0.465 e. The fourth-order valence-corrected chi connectivity index (χ4v) is 5.84. The number of nitrogens with one attached hydrogen (secondary N) is 1. The van der Waals surface area contributed by atoms with Gasteiger partial charge < -0.3 is 10.1 Å². The van der Waals surface area contributed by atoms with Crippen molar-refractivity contribution in [1.29, 1.82) is 0 Å². The minimum Gasteiger partial charge on any atom is -0.465 e. The molecule has 4 rings (SSSR count). The van der Waals surface area contributed by atoms with E-state index in [1.807, 2.05) is 42.5 Å². The van der Waals surface area contributed by atoms with Gasteiger partial charge in [-0.3, -0.25) is 9.59 Å². The van der Waals surface area contributed by atoms with Crippen LogP contribution in [0.2, 0.25) is 0 Å². The first-order valence-electron chi connectivity index (χ1n) is 12.1. The first-order chi connectivity index (χ1) is 17.7. The van der Waals surface area contributed by atoms with E-state index < -0.39 is 21.3 Å². The van der Waals surface area contributed by atoms with Crippen molar-refractivity contribution in [2.24, 2.45) is 0 Å². The molecule has 0 saturated heterocycles. The summed E-state index contributed by atoms with van der Waals surface area (Å²) in [5.74, 6) is -0.674. The van der Waals surface area contributed by atoms with Gasteiger partial charge in [-0.05, 0) is 73.7 Å². The molecule has 0 unspecified atom stereocenters. The van der Waals surface area contributed by atoms with E-state index in [1.54, 1.807) is 31.2 Å². The summed E-state index contributed by atoms with van der Waals surface area (Å²) in [5.41, 5.74) is 1.76. The van der Waals surface area contributed by atoms with E-state index in [1.165, 1.54) is 16.4 Å². The van der Waals surface area contributed by atoms with Gasteiger partial charge in [-0.25, -0.2) is 8.42 Å². The van der Waals surface area contributed by atoms with E-state index in [2.05, 4.69) is 21.2 Å². The van der Waals surface area contributed by atoms with Crippen molar-refractivity contribution in [2.45, 2.75) is 36.5 Å². The maximum Gasteiger partial charge on any atom is 0.316 e. The molecule has 1 aliphatic carbocycles. The molecule has 3 aromatic rings. The lowest BCUT2D eigenvalue weighted by atomic mass is 9.96. The molecule has 0 bridgehead atoms. The first kappa shape index (κ1) is 27.0. The number of esters is 1. The fourth-order valence-electron chi connectivity index (χ4n) is 4.18. The van der Waals surface area contributed by atoms with Crippen LogP contribution < -0.4 is 5.32 Å². The van der Waals surface area contributed by atoms with E-state index in [-0.39, 0.29) is 24.0 Å². The molecule has 0 radical (unpaired) electrons. The van der Waals surface area contributed by atoms with E-state index >= 15 is 0 Å². The molecule has 0 spiro atoms. The lowest BCUT2D eigenvalue weighted by molar-refractivity contribution is -0.146. The molecule has 0 heterocycles. The topological polar surface area (TPSA) is 92.8 Å². The van der Waals surface area contributed by atoms with Gasteiger partial charge in [0, 0.05) is 16.7 Å². The zero-order chi connectivity index (χ0) is 26.5. The second-order valence-corrected chi connectivity index (χ2v) is 11.8. The molecule has 9 heteroatoms. The van der Waals surface area contributed by atoms with Gasteiger partial charge in [0.05, 0.1) is 23.5 Å². The van der Waals surface area contributed by atoms with Gasteiger partial charge in [0.1, 0.15) is 0 Å². The quantitative estimate of drug-likeness (QED) is 0.323. The lowest BCUT2D eigenvalue weighted by Crippen LogP contribution is -2.39. The number of benzene rings is 3. The fraction of sp³-hybridized carbons (Fsp3) is 0.286. The molecule has 194 valence electrons. The number of rotatable bonds is 11. The SMILES string of the molecule is CCOC(=O)C1(c2ccc(NC(=O)CN(CCc3ccccc3)S(=O)(=O)c3ccc(Br)cc3)cc2)CC1. The molecule has 7 nitrogen and oxygen atoms in total. The van der Waals surface area contributed by atoms with E-state index in [4.69, 9.17) is 4.74 Å². The van der Waals surface area contributed by atoms with E-state index in [0.717, 1.165) is 28.4 Å². The summed E-state index contributed by atoms with van der Waals surface area (Å²) in [7, 11) is -3.91. The van der Waals surface area contributed by atoms with Crippen LogP contribution in [-0.4, -0.2) is 44.3 Å². The Balaban J connectivity index is 1.47. The van der Waals surface area contributed by atoms with Crippen LogP contribution in [0.3, 0.4) is 0 Å². The van der Waals surface area contributed by atoms with Crippen LogP contribution in [0.25, 0.3) is 0 Å². The number of ether oxygens (including phenoxy) is 1. The highest BCUT2D eigenvalue weighted by molar-refractivity contribution is 9.10. The zero-order valence-corrected chi connectivity index (χ0v) is 22.9. The van der Waals surface area contributed by atoms with Gasteiger partial charge in [0.15, 0.2) is 0 Å². The molecular weight excluding hydrogens is 556 g/mol. The van der Waals surface area contributed by atoms with Crippen molar-refractivity contribution in [3.63, 3.8) is 0 Å². The molecule has 1 saturated carbocycles. The van der Waals surface area contributed by atoms with Gasteiger partial charge in [-0.1, -0.05) is 58.4 Å². The van der Waals surface area contributed by atoms with Crippen molar-refractivity contribution >= 4 is 43.5 Å². The Morgan fingerprint density at radius 2 is 1.62 bits per heavy atom. The van der Waals surface area contributed by atoms with Gasteiger partial charge in [-0.2, -0.15) is 4.31 Å². The van der Waals surface area contributed by atoms with E-state index in [0.29, 0.717) is 18.7 Å². The number of nitrogens with zero attached hydrogens (tertiary/aromatic N) is 1. The highest BCUT2D eigenvalue weighted by atomic mass is 79.9. The van der Waals surface area contributed by atoms with Crippen molar-refractivity contribution < 1.29 is 22.7 Å². The molecule has 0 aliphatic heterocycles. The summed E-state index contributed by atoms with van der Waals surface area (Å²) < 4.78 is 34.0. The van der Waals surface area contributed by atoms with Crippen molar-refractivity contribution in [3.05, 3.63) is 94.5 Å². The van der Waals surface area contributed by atoms with Gasteiger partial charge in [0.25, 0.3) is 0 Å². The Morgan fingerprint density at radius 3 is 2.22 bits per heavy atom. The Hall–Kier alpha value is -3.01. The summed E-state index contributed by atoms with van der Waals surface area (Å²) in [6.45, 7) is 1.93. The molecule has 0 aromatic heterocycles. The van der Waals surface area contributed by atoms with Gasteiger partial charge in [0.2, 0.25) is 15.9 Å². The number of sulfonamides is 1. The normalized spacial score (nSPS) is 14.2. The second kappa shape index (κ2) is 11.6.